The number of benzene rings is 1. The van der Waals surface area contributed by atoms with Gasteiger partial charge in [0.15, 0.2) is 5.69 Å². The molecular weight excluding hydrogens is 391 g/mol. The average Bonchev–Trinajstić information content (AvgIpc) is 3.36. The molecule has 0 spiro atoms. The standard InChI is InChI=1S/C19H23FN8O2/c20-14-6-4-13(5-7-14)8-9-22-19(29)16-15(12-27-10-2-1-3-11-27)28(26-23-16)18-17(21)24-30-25-18/h4-7H,1-3,8-12H2,(H2,21,24)(H,22,29). The zero-order valence-corrected chi connectivity index (χ0v) is 16.4. The van der Waals surface area contributed by atoms with Crippen LogP contribution in [0.1, 0.15) is 41.0 Å². The van der Waals surface area contributed by atoms with Crippen LogP contribution in [0, 0.1) is 5.82 Å². The third kappa shape index (κ3) is 4.46. The first kappa shape index (κ1) is 20.0. The fourth-order valence-electron chi connectivity index (χ4n) is 3.51. The number of aromatic nitrogens is 5. The summed E-state index contributed by atoms with van der Waals surface area (Å²) >= 11 is 0. The number of nitrogens with one attached hydrogen (secondary N) is 1. The molecule has 0 bridgehead atoms. The molecule has 30 heavy (non-hydrogen) atoms. The van der Waals surface area contributed by atoms with Crippen molar-refractivity contribution in [3.8, 4) is 5.82 Å². The Balaban J connectivity index is 1.50. The molecule has 1 amide bonds. The Morgan fingerprint density at radius 1 is 1.17 bits per heavy atom. The van der Waals surface area contributed by atoms with Gasteiger partial charge < -0.3 is 11.1 Å². The summed E-state index contributed by atoms with van der Waals surface area (Å²) < 4.78 is 19.1. The topological polar surface area (TPSA) is 128 Å². The zero-order chi connectivity index (χ0) is 20.9. The van der Waals surface area contributed by atoms with E-state index in [0.717, 1.165) is 31.5 Å². The lowest BCUT2D eigenvalue weighted by molar-refractivity contribution is 0.0946. The van der Waals surface area contributed by atoms with Gasteiger partial charge in [0.25, 0.3) is 5.91 Å². The van der Waals surface area contributed by atoms with Gasteiger partial charge in [-0.3, -0.25) is 9.69 Å². The molecule has 3 N–H and O–H groups in total. The molecule has 0 radical (unpaired) electrons. The van der Waals surface area contributed by atoms with E-state index in [1.54, 1.807) is 12.1 Å². The van der Waals surface area contributed by atoms with E-state index >= 15 is 0 Å². The SMILES string of the molecule is Nc1nonc1-n1nnc(C(=O)NCCc2ccc(F)cc2)c1CN1CCCCC1. The molecule has 0 atom stereocenters. The molecule has 3 heterocycles. The average molecular weight is 414 g/mol. The number of anilines is 1. The molecule has 4 rings (SSSR count). The molecule has 1 aliphatic heterocycles. The Bertz CT molecular complexity index is 994. The molecule has 3 aromatic rings. The predicted octanol–water partition coefficient (Wildman–Crippen LogP) is 1.33. The van der Waals surface area contributed by atoms with Crippen molar-refractivity contribution in [3.05, 3.63) is 47.0 Å². The van der Waals surface area contributed by atoms with E-state index in [1.807, 2.05) is 0 Å². The number of halogens is 1. The molecule has 1 saturated heterocycles. The van der Waals surface area contributed by atoms with Crippen molar-refractivity contribution in [2.24, 2.45) is 0 Å². The largest absolute Gasteiger partial charge is 0.378 e. The maximum atomic E-state index is 13.0. The Morgan fingerprint density at radius 3 is 2.63 bits per heavy atom. The second kappa shape index (κ2) is 8.99. The van der Waals surface area contributed by atoms with Gasteiger partial charge in [-0.25, -0.2) is 9.02 Å². The molecule has 1 aliphatic rings. The Kier molecular flexibility index (Phi) is 5.98. The first-order valence-electron chi connectivity index (χ1n) is 9.90. The highest BCUT2D eigenvalue weighted by atomic mass is 19.1. The lowest BCUT2D eigenvalue weighted by atomic mass is 10.1. The normalized spacial score (nSPS) is 14.7. The van der Waals surface area contributed by atoms with Gasteiger partial charge in [-0.2, -0.15) is 4.68 Å². The van der Waals surface area contributed by atoms with Crippen LogP contribution in [0.15, 0.2) is 28.9 Å². The number of nitrogens with zero attached hydrogens (tertiary/aromatic N) is 6. The van der Waals surface area contributed by atoms with Crippen LogP contribution in [0.4, 0.5) is 10.2 Å². The zero-order valence-electron chi connectivity index (χ0n) is 16.4. The molecule has 0 saturated carbocycles. The van der Waals surface area contributed by atoms with Crippen LogP contribution >= 0.6 is 0 Å². The maximum Gasteiger partial charge on any atom is 0.273 e. The number of hydrogen-bond donors (Lipinski definition) is 2. The summed E-state index contributed by atoms with van der Waals surface area (Å²) in [6, 6.07) is 6.19. The molecule has 1 fully saturated rings. The van der Waals surface area contributed by atoms with Crippen LogP contribution in [-0.2, 0) is 13.0 Å². The van der Waals surface area contributed by atoms with Crippen molar-refractivity contribution in [2.75, 3.05) is 25.4 Å². The minimum absolute atomic E-state index is 0.0723. The summed E-state index contributed by atoms with van der Waals surface area (Å²) in [7, 11) is 0. The number of likely N-dealkylation sites (tertiary alicyclic amines) is 1. The van der Waals surface area contributed by atoms with Gasteiger partial charge in [-0.05, 0) is 60.4 Å². The third-order valence-corrected chi connectivity index (χ3v) is 5.11. The van der Waals surface area contributed by atoms with Crippen LogP contribution < -0.4 is 11.1 Å². The van der Waals surface area contributed by atoms with Crippen LogP contribution in [0.25, 0.3) is 5.82 Å². The molecule has 158 valence electrons. The van der Waals surface area contributed by atoms with Crippen molar-refractivity contribution >= 4 is 11.7 Å². The van der Waals surface area contributed by atoms with Gasteiger partial charge in [0, 0.05) is 13.1 Å². The molecule has 0 unspecified atom stereocenters. The summed E-state index contributed by atoms with van der Waals surface area (Å²) in [4.78, 5) is 15.1. The Hall–Kier alpha value is -3.34. The summed E-state index contributed by atoms with van der Waals surface area (Å²) in [5.41, 5.74) is 7.54. The molecule has 1 aromatic carbocycles. The van der Waals surface area contributed by atoms with Crippen LogP contribution in [-0.4, -0.2) is 55.7 Å². The lowest BCUT2D eigenvalue weighted by Gasteiger charge is -2.26. The predicted molar refractivity (Wildman–Crippen MR) is 105 cm³/mol. The minimum atomic E-state index is -0.342. The van der Waals surface area contributed by atoms with E-state index < -0.39 is 0 Å². The second-order valence-corrected chi connectivity index (χ2v) is 7.24. The van der Waals surface area contributed by atoms with E-state index in [4.69, 9.17) is 5.73 Å². The Morgan fingerprint density at radius 2 is 1.93 bits per heavy atom. The van der Waals surface area contributed by atoms with Gasteiger partial charge in [-0.1, -0.05) is 23.8 Å². The monoisotopic (exact) mass is 414 g/mol. The number of amides is 1. The number of hydrogen-bond acceptors (Lipinski definition) is 8. The van der Waals surface area contributed by atoms with Crippen LogP contribution in [0.5, 0.6) is 0 Å². The van der Waals surface area contributed by atoms with Crippen LogP contribution in [0.2, 0.25) is 0 Å². The molecular formula is C19H23FN8O2. The highest BCUT2D eigenvalue weighted by molar-refractivity contribution is 5.93. The van der Waals surface area contributed by atoms with Gasteiger partial charge >= 0.3 is 0 Å². The van der Waals surface area contributed by atoms with Crippen molar-refractivity contribution in [1.82, 2.24) is 35.5 Å². The number of nitrogens with two attached hydrogens (primary N) is 1. The van der Waals surface area contributed by atoms with Crippen molar-refractivity contribution in [2.45, 2.75) is 32.2 Å². The van der Waals surface area contributed by atoms with E-state index in [-0.39, 0.29) is 29.1 Å². The van der Waals surface area contributed by atoms with Gasteiger partial charge in [0.05, 0.1) is 5.69 Å². The van der Waals surface area contributed by atoms with E-state index in [0.29, 0.717) is 25.2 Å². The smallest absolute Gasteiger partial charge is 0.273 e. The lowest BCUT2D eigenvalue weighted by Crippen LogP contribution is -2.32. The molecule has 10 nitrogen and oxygen atoms in total. The third-order valence-electron chi connectivity index (χ3n) is 5.11. The summed E-state index contributed by atoms with van der Waals surface area (Å²) in [5.74, 6) is -0.350. The van der Waals surface area contributed by atoms with Gasteiger partial charge in [0.1, 0.15) is 5.82 Å². The number of piperidine rings is 1. The van der Waals surface area contributed by atoms with Crippen molar-refractivity contribution in [3.63, 3.8) is 0 Å². The first-order chi connectivity index (χ1) is 14.6. The number of nitrogen functional groups attached to an aromatic ring is 1. The number of carbonyl (C=O) groups excluding carboxylic acids is 1. The van der Waals surface area contributed by atoms with E-state index in [2.05, 4.69) is 35.5 Å². The highest BCUT2D eigenvalue weighted by Crippen LogP contribution is 2.19. The molecule has 11 heteroatoms. The summed E-state index contributed by atoms with van der Waals surface area (Å²) in [6.45, 7) is 2.74. The number of carbonyl (C=O) groups is 1. The first-order valence-corrected chi connectivity index (χ1v) is 9.90. The van der Waals surface area contributed by atoms with Crippen LogP contribution in [0.3, 0.4) is 0 Å². The highest BCUT2D eigenvalue weighted by Gasteiger charge is 2.25. The quantitative estimate of drug-likeness (QED) is 0.593. The fourth-order valence-corrected chi connectivity index (χ4v) is 3.51. The van der Waals surface area contributed by atoms with Gasteiger partial charge in [-0.15, -0.1) is 5.10 Å². The van der Waals surface area contributed by atoms with E-state index in [9.17, 15) is 9.18 Å². The Labute approximate surface area is 172 Å². The molecule has 2 aromatic heterocycles. The second-order valence-electron chi connectivity index (χ2n) is 7.24. The van der Waals surface area contributed by atoms with Crippen molar-refractivity contribution < 1.29 is 13.8 Å². The minimum Gasteiger partial charge on any atom is -0.378 e. The van der Waals surface area contributed by atoms with Gasteiger partial charge in [0.2, 0.25) is 11.6 Å². The summed E-state index contributed by atoms with van der Waals surface area (Å²) in [6.07, 6.45) is 3.98. The maximum absolute atomic E-state index is 13.0. The number of rotatable bonds is 7. The van der Waals surface area contributed by atoms with E-state index in [1.165, 1.54) is 23.2 Å². The summed E-state index contributed by atoms with van der Waals surface area (Å²) in [5, 5.41) is 18.4. The fraction of sp³-hybridized carbons (Fsp3) is 0.421. The molecule has 0 aliphatic carbocycles. The van der Waals surface area contributed by atoms with Crippen molar-refractivity contribution in [1.29, 1.82) is 0 Å².